The van der Waals surface area contributed by atoms with E-state index in [9.17, 15) is 8.78 Å². The van der Waals surface area contributed by atoms with Crippen molar-refractivity contribution in [3.63, 3.8) is 0 Å². The Morgan fingerprint density at radius 1 is 1.47 bits per heavy atom. The third-order valence-corrected chi connectivity index (χ3v) is 3.66. The standard InChI is InChI=1S/C12H14BrF2NO/c1-3-4-8-11(16-2)9-6(13)5-7(14)10(15)12(9)17-8/h5,8,11,16H,3-4H2,1-2H3. The summed E-state index contributed by atoms with van der Waals surface area (Å²) in [5.41, 5.74) is 0.671. The summed E-state index contributed by atoms with van der Waals surface area (Å²) in [6, 6.07) is 1.05. The molecular formula is C12H14BrF2NO. The average molecular weight is 306 g/mol. The van der Waals surface area contributed by atoms with Gasteiger partial charge in [0.05, 0.1) is 6.04 Å². The summed E-state index contributed by atoms with van der Waals surface area (Å²) in [6.45, 7) is 2.03. The van der Waals surface area contributed by atoms with Crippen molar-refractivity contribution in [3.8, 4) is 5.75 Å². The van der Waals surface area contributed by atoms with Crippen molar-refractivity contribution in [2.45, 2.75) is 31.9 Å². The number of benzene rings is 1. The topological polar surface area (TPSA) is 21.3 Å². The molecule has 1 aliphatic heterocycles. The van der Waals surface area contributed by atoms with Crippen molar-refractivity contribution in [1.29, 1.82) is 0 Å². The first-order chi connectivity index (χ1) is 8.10. The minimum Gasteiger partial charge on any atom is -0.485 e. The number of hydrogen-bond donors (Lipinski definition) is 1. The zero-order valence-electron chi connectivity index (χ0n) is 9.69. The van der Waals surface area contributed by atoms with Crippen LogP contribution in [0.15, 0.2) is 10.5 Å². The van der Waals surface area contributed by atoms with E-state index in [2.05, 4.69) is 21.2 Å². The summed E-state index contributed by atoms with van der Waals surface area (Å²) in [5.74, 6) is -1.75. The van der Waals surface area contributed by atoms with E-state index in [0.717, 1.165) is 18.9 Å². The van der Waals surface area contributed by atoms with E-state index in [0.29, 0.717) is 10.0 Å². The Kier molecular flexibility index (Phi) is 3.68. The van der Waals surface area contributed by atoms with Gasteiger partial charge in [-0.1, -0.05) is 29.3 Å². The normalized spacial score (nSPS) is 22.4. The maximum atomic E-state index is 13.7. The molecule has 1 N–H and O–H groups in total. The second-order valence-corrected chi connectivity index (χ2v) is 4.96. The number of halogens is 3. The molecule has 94 valence electrons. The highest BCUT2D eigenvalue weighted by Gasteiger charge is 2.37. The van der Waals surface area contributed by atoms with Crippen LogP contribution in [-0.2, 0) is 0 Å². The molecule has 0 spiro atoms. The molecule has 1 aromatic rings. The lowest BCUT2D eigenvalue weighted by atomic mass is 10.0. The second kappa shape index (κ2) is 4.90. The Morgan fingerprint density at radius 2 is 2.18 bits per heavy atom. The van der Waals surface area contributed by atoms with E-state index in [4.69, 9.17) is 4.74 Å². The predicted octanol–water partition coefficient (Wildman–Crippen LogP) is 3.55. The van der Waals surface area contributed by atoms with Gasteiger partial charge in [-0.2, -0.15) is 4.39 Å². The summed E-state index contributed by atoms with van der Waals surface area (Å²) in [5, 5.41) is 3.10. The van der Waals surface area contributed by atoms with Gasteiger partial charge in [-0.3, -0.25) is 0 Å². The number of fused-ring (bicyclic) bond motifs is 1. The number of nitrogens with one attached hydrogen (secondary N) is 1. The van der Waals surface area contributed by atoms with Crippen molar-refractivity contribution >= 4 is 15.9 Å². The molecule has 2 atom stereocenters. The number of rotatable bonds is 3. The van der Waals surface area contributed by atoms with Gasteiger partial charge in [0.15, 0.2) is 11.6 Å². The van der Waals surface area contributed by atoms with Crippen LogP contribution >= 0.6 is 15.9 Å². The Bertz CT molecular complexity index is 439. The molecule has 5 heteroatoms. The van der Waals surface area contributed by atoms with Crippen molar-refractivity contribution in [3.05, 3.63) is 27.7 Å². The van der Waals surface area contributed by atoms with Gasteiger partial charge in [0.2, 0.25) is 5.82 Å². The summed E-state index contributed by atoms with van der Waals surface area (Å²) >= 11 is 3.27. The van der Waals surface area contributed by atoms with Gasteiger partial charge < -0.3 is 10.1 Å². The summed E-state index contributed by atoms with van der Waals surface area (Å²) in [6.07, 6.45) is 1.58. The van der Waals surface area contributed by atoms with Crippen LogP contribution in [0.2, 0.25) is 0 Å². The Hall–Kier alpha value is -0.680. The minimum absolute atomic E-state index is 0.0367. The lowest BCUT2D eigenvalue weighted by Crippen LogP contribution is -2.28. The Labute approximate surface area is 107 Å². The van der Waals surface area contributed by atoms with Crippen LogP contribution in [0.3, 0.4) is 0 Å². The molecule has 0 aromatic heterocycles. The van der Waals surface area contributed by atoms with E-state index in [1.807, 2.05) is 6.92 Å². The average Bonchev–Trinajstić information content (AvgIpc) is 2.65. The van der Waals surface area contributed by atoms with Gasteiger partial charge in [0, 0.05) is 10.0 Å². The summed E-state index contributed by atoms with van der Waals surface area (Å²) in [7, 11) is 1.79. The first-order valence-corrected chi connectivity index (χ1v) is 6.40. The minimum atomic E-state index is -0.901. The fourth-order valence-electron chi connectivity index (χ4n) is 2.24. The first kappa shape index (κ1) is 12.8. The highest BCUT2D eigenvalue weighted by atomic mass is 79.9. The number of hydrogen-bond acceptors (Lipinski definition) is 2. The maximum Gasteiger partial charge on any atom is 0.201 e. The highest BCUT2D eigenvalue weighted by molar-refractivity contribution is 9.10. The molecule has 17 heavy (non-hydrogen) atoms. The smallest absolute Gasteiger partial charge is 0.201 e. The van der Waals surface area contributed by atoms with Crippen LogP contribution in [0.25, 0.3) is 0 Å². The SMILES string of the molecule is CCCC1Oc2c(F)c(F)cc(Br)c2C1NC. The highest BCUT2D eigenvalue weighted by Crippen LogP contribution is 2.44. The largest absolute Gasteiger partial charge is 0.485 e. The predicted molar refractivity (Wildman–Crippen MR) is 65.2 cm³/mol. The van der Waals surface area contributed by atoms with Crippen molar-refractivity contribution in [2.24, 2.45) is 0 Å². The Morgan fingerprint density at radius 3 is 2.76 bits per heavy atom. The zero-order chi connectivity index (χ0) is 12.6. The molecule has 0 bridgehead atoms. The van der Waals surface area contributed by atoms with Gasteiger partial charge in [-0.25, -0.2) is 4.39 Å². The summed E-state index contributed by atoms with van der Waals surface area (Å²) < 4.78 is 33.0. The third kappa shape index (κ3) is 2.06. The fourth-order valence-corrected chi connectivity index (χ4v) is 2.87. The quantitative estimate of drug-likeness (QED) is 0.862. The van der Waals surface area contributed by atoms with E-state index in [1.54, 1.807) is 7.05 Å². The molecule has 2 unspecified atom stereocenters. The first-order valence-electron chi connectivity index (χ1n) is 5.61. The molecule has 0 saturated heterocycles. The maximum absolute atomic E-state index is 13.7. The number of likely N-dealkylation sites (N-methyl/N-ethyl adjacent to an activating group) is 1. The van der Waals surface area contributed by atoms with E-state index >= 15 is 0 Å². The van der Waals surface area contributed by atoms with Gasteiger partial charge >= 0.3 is 0 Å². The van der Waals surface area contributed by atoms with Crippen molar-refractivity contribution in [1.82, 2.24) is 5.32 Å². The molecule has 1 heterocycles. The van der Waals surface area contributed by atoms with Crippen LogP contribution in [-0.4, -0.2) is 13.2 Å². The van der Waals surface area contributed by atoms with Crippen molar-refractivity contribution in [2.75, 3.05) is 7.05 Å². The van der Waals surface area contributed by atoms with E-state index in [1.165, 1.54) is 0 Å². The Balaban J connectivity index is 2.48. The van der Waals surface area contributed by atoms with E-state index < -0.39 is 11.6 Å². The third-order valence-electron chi connectivity index (χ3n) is 3.00. The molecule has 0 amide bonds. The lowest BCUT2D eigenvalue weighted by Gasteiger charge is -2.17. The van der Waals surface area contributed by atoms with Crippen LogP contribution in [0.5, 0.6) is 5.75 Å². The monoisotopic (exact) mass is 305 g/mol. The van der Waals surface area contributed by atoms with Crippen LogP contribution in [0.1, 0.15) is 31.4 Å². The molecule has 2 nitrogen and oxygen atoms in total. The van der Waals surface area contributed by atoms with Gasteiger partial charge in [0.1, 0.15) is 6.10 Å². The zero-order valence-corrected chi connectivity index (χ0v) is 11.3. The fraction of sp³-hybridized carbons (Fsp3) is 0.500. The molecule has 0 aliphatic carbocycles. The summed E-state index contributed by atoms with van der Waals surface area (Å²) in [4.78, 5) is 0. The van der Waals surface area contributed by atoms with Crippen LogP contribution in [0.4, 0.5) is 8.78 Å². The molecule has 0 radical (unpaired) electrons. The van der Waals surface area contributed by atoms with Crippen molar-refractivity contribution < 1.29 is 13.5 Å². The molecule has 0 fully saturated rings. The second-order valence-electron chi connectivity index (χ2n) is 4.11. The lowest BCUT2D eigenvalue weighted by molar-refractivity contribution is 0.175. The molecule has 1 aliphatic rings. The number of ether oxygens (including phenoxy) is 1. The van der Waals surface area contributed by atoms with Crippen LogP contribution in [0, 0.1) is 11.6 Å². The molecule has 2 rings (SSSR count). The van der Waals surface area contributed by atoms with Gasteiger partial charge in [-0.15, -0.1) is 0 Å². The molecular weight excluding hydrogens is 292 g/mol. The van der Waals surface area contributed by atoms with Gasteiger partial charge in [-0.05, 0) is 19.5 Å². The van der Waals surface area contributed by atoms with E-state index in [-0.39, 0.29) is 17.9 Å². The van der Waals surface area contributed by atoms with Gasteiger partial charge in [0.25, 0.3) is 0 Å². The molecule has 0 saturated carbocycles. The molecule has 1 aromatic carbocycles. The van der Waals surface area contributed by atoms with Crippen LogP contribution < -0.4 is 10.1 Å².